The smallest absolute Gasteiger partial charge is 0.410 e. The number of hydrogen-bond acceptors (Lipinski definition) is 6. The van der Waals surface area contributed by atoms with Crippen molar-refractivity contribution in [3.8, 4) is 0 Å². The Hall–Kier alpha value is -1.80. The van der Waals surface area contributed by atoms with Gasteiger partial charge in [-0.15, -0.1) is 0 Å². The van der Waals surface area contributed by atoms with E-state index in [-0.39, 0.29) is 35.7 Å². The SMILES string of the molecule is C=CCOC(=O)N1CC(SC(C)=O)CC1CCn1ccnc1CO. The van der Waals surface area contributed by atoms with E-state index in [1.54, 1.807) is 11.1 Å². The molecule has 0 saturated carbocycles. The molecule has 1 fully saturated rings. The molecule has 1 aromatic heterocycles. The first-order valence-electron chi connectivity index (χ1n) is 7.87. The molecule has 1 aromatic rings. The van der Waals surface area contributed by atoms with Gasteiger partial charge in [-0.1, -0.05) is 24.4 Å². The Morgan fingerprint density at radius 1 is 1.58 bits per heavy atom. The van der Waals surface area contributed by atoms with Gasteiger partial charge in [-0.25, -0.2) is 9.78 Å². The number of aryl methyl sites for hydroxylation is 1. The van der Waals surface area contributed by atoms with Crippen molar-refractivity contribution >= 4 is 23.0 Å². The summed E-state index contributed by atoms with van der Waals surface area (Å²) in [5.74, 6) is 0.600. The number of aromatic nitrogens is 2. The maximum absolute atomic E-state index is 12.2. The van der Waals surface area contributed by atoms with Gasteiger partial charge in [0.05, 0.1) is 0 Å². The van der Waals surface area contributed by atoms with Crippen LogP contribution in [-0.4, -0.2) is 55.2 Å². The summed E-state index contributed by atoms with van der Waals surface area (Å²) in [6.07, 6.45) is 6.06. The molecular formula is C16H23N3O4S. The fourth-order valence-electron chi connectivity index (χ4n) is 2.89. The highest BCUT2D eigenvalue weighted by Crippen LogP contribution is 2.30. The molecule has 1 aliphatic rings. The molecule has 0 bridgehead atoms. The Morgan fingerprint density at radius 3 is 3.04 bits per heavy atom. The van der Waals surface area contributed by atoms with E-state index in [4.69, 9.17) is 4.74 Å². The fourth-order valence-corrected chi connectivity index (χ4v) is 3.91. The second-order valence-electron chi connectivity index (χ2n) is 5.62. The number of aliphatic hydroxyl groups excluding tert-OH is 1. The number of thioether (sulfide) groups is 1. The summed E-state index contributed by atoms with van der Waals surface area (Å²) in [6, 6.07) is -0.00638. The van der Waals surface area contributed by atoms with Gasteiger partial charge in [-0.2, -0.15) is 0 Å². The molecule has 1 amide bonds. The second-order valence-corrected chi connectivity index (χ2v) is 7.10. The van der Waals surface area contributed by atoms with Crippen LogP contribution in [0, 0.1) is 0 Å². The van der Waals surface area contributed by atoms with Gasteiger partial charge in [0.2, 0.25) is 0 Å². The molecule has 2 atom stereocenters. The van der Waals surface area contributed by atoms with Gasteiger partial charge in [-0.3, -0.25) is 4.79 Å². The summed E-state index contributed by atoms with van der Waals surface area (Å²) in [5, 5.41) is 9.40. The topological polar surface area (TPSA) is 84.7 Å². The van der Waals surface area contributed by atoms with Crippen LogP contribution in [0.5, 0.6) is 0 Å². The monoisotopic (exact) mass is 353 g/mol. The Morgan fingerprint density at radius 2 is 2.38 bits per heavy atom. The molecule has 0 radical (unpaired) electrons. The minimum atomic E-state index is -0.375. The molecule has 7 nitrogen and oxygen atoms in total. The van der Waals surface area contributed by atoms with Gasteiger partial charge in [0.1, 0.15) is 19.0 Å². The average molecular weight is 353 g/mol. The lowest BCUT2D eigenvalue weighted by Crippen LogP contribution is -2.37. The fraction of sp³-hybridized carbons (Fsp3) is 0.562. The van der Waals surface area contributed by atoms with Crippen LogP contribution >= 0.6 is 11.8 Å². The summed E-state index contributed by atoms with van der Waals surface area (Å²) < 4.78 is 7.03. The summed E-state index contributed by atoms with van der Waals surface area (Å²) >= 11 is 1.27. The number of ether oxygens (including phenoxy) is 1. The molecule has 132 valence electrons. The van der Waals surface area contributed by atoms with Crippen LogP contribution in [0.2, 0.25) is 0 Å². The van der Waals surface area contributed by atoms with E-state index < -0.39 is 0 Å². The van der Waals surface area contributed by atoms with Crippen molar-refractivity contribution in [1.29, 1.82) is 0 Å². The van der Waals surface area contributed by atoms with Gasteiger partial charge >= 0.3 is 6.09 Å². The van der Waals surface area contributed by atoms with Crippen LogP contribution in [0.15, 0.2) is 25.0 Å². The van der Waals surface area contributed by atoms with Crippen LogP contribution in [0.25, 0.3) is 0 Å². The number of nitrogens with zero attached hydrogens (tertiary/aromatic N) is 3. The molecule has 24 heavy (non-hydrogen) atoms. The molecule has 1 aliphatic heterocycles. The van der Waals surface area contributed by atoms with E-state index in [9.17, 15) is 14.7 Å². The van der Waals surface area contributed by atoms with Crippen LogP contribution < -0.4 is 0 Å². The van der Waals surface area contributed by atoms with Crippen LogP contribution in [0.4, 0.5) is 4.79 Å². The third-order valence-corrected chi connectivity index (χ3v) is 4.92. The first-order valence-corrected chi connectivity index (χ1v) is 8.75. The number of carbonyl (C=O) groups is 2. The number of amides is 1. The number of aliphatic hydroxyl groups is 1. The molecule has 2 rings (SSSR count). The highest BCUT2D eigenvalue weighted by atomic mass is 32.2. The lowest BCUT2D eigenvalue weighted by Gasteiger charge is -2.24. The van der Waals surface area contributed by atoms with E-state index in [0.29, 0.717) is 25.3 Å². The summed E-state index contributed by atoms with van der Waals surface area (Å²) in [4.78, 5) is 29.4. The number of hydrogen-bond donors (Lipinski definition) is 1. The first-order chi connectivity index (χ1) is 11.5. The van der Waals surface area contributed by atoms with Gasteiger partial charge in [0.15, 0.2) is 5.12 Å². The molecule has 8 heteroatoms. The van der Waals surface area contributed by atoms with Gasteiger partial charge < -0.3 is 19.3 Å². The van der Waals surface area contributed by atoms with Crippen LogP contribution in [0.1, 0.15) is 25.6 Å². The first kappa shape index (κ1) is 18.5. The number of likely N-dealkylation sites (tertiary alicyclic amines) is 1. The summed E-state index contributed by atoms with van der Waals surface area (Å²) in [7, 11) is 0. The number of carbonyl (C=O) groups excluding carboxylic acids is 2. The summed E-state index contributed by atoms with van der Waals surface area (Å²) in [6.45, 7) is 6.28. The van der Waals surface area contributed by atoms with Crippen molar-refractivity contribution in [2.75, 3.05) is 13.2 Å². The molecular weight excluding hydrogens is 330 g/mol. The zero-order chi connectivity index (χ0) is 17.5. The third-order valence-electron chi connectivity index (χ3n) is 3.91. The standard InChI is InChI=1S/C16H23N3O4S/c1-3-8-23-16(22)19-10-14(24-12(2)21)9-13(19)4-6-18-7-5-17-15(18)11-20/h3,5,7,13-14,20H,1,4,6,8-11H2,2H3. The summed E-state index contributed by atoms with van der Waals surface area (Å²) in [5.41, 5.74) is 0. The minimum Gasteiger partial charge on any atom is -0.445 e. The Bertz CT molecular complexity index is 590. The molecule has 0 aromatic carbocycles. The van der Waals surface area contributed by atoms with Crippen LogP contribution in [-0.2, 0) is 22.7 Å². The van der Waals surface area contributed by atoms with Crippen molar-refractivity contribution in [3.63, 3.8) is 0 Å². The largest absolute Gasteiger partial charge is 0.445 e. The third kappa shape index (κ3) is 4.85. The molecule has 0 aliphatic carbocycles. The van der Waals surface area contributed by atoms with Crippen molar-refractivity contribution in [1.82, 2.24) is 14.5 Å². The predicted octanol–water partition coefficient (Wildman–Crippen LogP) is 1.81. The zero-order valence-corrected chi connectivity index (χ0v) is 14.6. The Kier molecular flexibility index (Phi) is 6.86. The van der Waals surface area contributed by atoms with Gasteiger partial charge in [0.25, 0.3) is 0 Å². The number of rotatable bonds is 7. The molecule has 0 spiro atoms. The molecule has 1 N–H and O–H groups in total. The van der Waals surface area contributed by atoms with Gasteiger partial charge in [-0.05, 0) is 12.8 Å². The molecule has 2 heterocycles. The maximum Gasteiger partial charge on any atom is 0.410 e. The quantitative estimate of drug-likeness (QED) is 0.753. The molecule has 2 unspecified atom stereocenters. The predicted molar refractivity (Wildman–Crippen MR) is 91.5 cm³/mol. The lowest BCUT2D eigenvalue weighted by atomic mass is 10.1. The van der Waals surface area contributed by atoms with E-state index in [1.165, 1.54) is 24.8 Å². The molecule has 1 saturated heterocycles. The Labute approximate surface area is 145 Å². The highest BCUT2D eigenvalue weighted by molar-refractivity contribution is 8.14. The minimum absolute atomic E-state index is 0.00638. The van der Waals surface area contributed by atoms with Crippen LogP contribution in [0.3, 0.4) is 0 Å². The Balaban J connectivity index is 2.00. The number of imidazole rings is 1. The zero-order valence-electron chi connectivity index (χ0n) is 13.8. The van der Waals surface area contributed by atoms with E-state index in [0.717, 1.165) is 6.42 Å². The van der Waals surface area contributed by atoms with Crippen molar-refractivity contribution < 1.29 is 19.4 Å². The van der Waals surface area contributed by atoms with Crippen molar-refractivity contribution in [2.45, 2.75) is 44.2 Å². The normalized spacial score (nSPS) is 20.2. The van der Waals surface area contributed by atoms with E-state index in [2.05, 4.69) is 11.6 Å². The van der Waals surface area contributed by atoms with Crippen molar-refractivity contribution in [3.05, 3.63) is 30.9 Å². The van der Waals surface area contributed by atoms with E-state index in [1.807, 2.05) is 10.8 Å². The average Bonchev–Trinajstić information content (AvgIpc) is 3.16. The lowest BCUT2D eigenvalue weighted by molar-refractivity contribution is -0.109. The highest BCUT2D eigenvalue weighted by Gasteiger charge is 2.36. The van der Waals surface area contributed by atoms with Crippen molar-refractivity contribution in [2.24, 2.45) is 0 Å². The maximum atomic E-state index is 12.2. The van der Waals surface area contributed by atoms with E-state index >= 15 is 0 Å². The second kappa shape index (κ2) is 8.89. The van der Waals surface area contributed by atoms with Gasteiger partial charge in [0, 0.05) is 43.7 Å².